The lowest BCUT2D eigenvalue weighted by atomic mass is 10.3. The first-order valence-electron chi connectivity index (χ1n) is 5.16. The summed E-state index contributed by atoms with van der Waals surface area (Å²) in [6, 6.07) is 3.39. The van der Waals surface area contributed by atoms with Crippen LogP contribution in [0.4, 0.5) is 13.2 Å². The summed E-state index contributed by atoms with van der Waals surface area (Å²) in [5, 5.41) is 2.41. The Morgan fingerprint density at radius 3 is 2.84 bits per heavy atom. The lowest BCUT2D eigenvalue weighted by Crippen LogP contribution is -2.24. The van der Waals surface area contributed by atoms with Crippen molar-refractivity contribution in [3.05, 3.63) is 46.2 Å². The fraction of sp³-hybridized carbons (Fsp3) is 0.182. The van der Waals surface area contributed by atoms with Crippen LogP contribution in [-0.2, 0) is 12.7 Å². The van der Waals surface area contributed by atoms with E-state index in [0.29, 0.717) is 16.9 Å². The van der Waals surface area contributed by atoms with Gasteiger partial charge in [0.15, 0.2) is 5.69 Å². The predicted molar refractivity (Wildman–Crippen MR) is 62.5 cm³/mol. The molecule has 0 spiro atoms. The van der Waals surface area contributed by atoms with Crippen molar-refractivity contribution in [1.29, 1.82) is 0 Å². The SMILES string of the molecule is O=C(NCc1cccnc1)c1scnc1C(F)(F)F. The van der Waals surface area contributed by atoms with Crippen molar-refractivity contribution in [2.75, 3.05) is 0 Å². The molecule has 0 unspecified atom stereocenters. The predicted octanol–water partition coefficient (Wildman–Crippen LogP) is 2.49. The zero-order valence-electron chi connectivity index (χ0n) is 9.44. The molecular weight excluding hydrogens is 279 g/mol. The number of thiazole rings is 1. The van der Waals surface area contributed by atoms with Crippen molar-refractivity contribution < 1.29 is 18.0 Å². The normalized spacial score (nSPS) is 11.3. The number of nitrogens with zero attached hydrogens (tertiary/aromatic N) is 2. The van der Waals surface area contributed by atoms with Crippen molar-refractivity contribution in [3.8, 4) is 0 Å². The van der Waals surface area contributed by atoms with Crippen LogP contribution in [0.25, 0.3) is 0 Å². The Kier molecular flexibility index (Phi) is 3.79. The molecule has 0 aliphatic rings. The van der Waals surface area contributed by atoms with Gasteiger partial charge in [0.05, 0.1) is 5.51 Å². The van der Waals surface area contributed by atoms with E-state index >= 15 is 0 Å². The largest absolute Gasteiger partial charge is 0.434 e. The molecule has 0 aliphatic carbocycles. The van der Waals surface area contributed by atoms with Gasteiger partial charge in [-0.05, 0) is 11.6 Å². The molecule has 2 aromatic heterocycles. The number of hydrogen-bond acceptors (Lipinski definition) is 4. The molecule has 1 N–H and O–H groups in total. The summed E-state index contributed by atoms with van der Waals surface area (Å²) in [5.41, 5.74) is 0.553. The second-order valence-corrected chi connectivity index (χ2v) is 4.43. The maximum Gasteiger partial charge on any atom is 0.434 e. The molecular formula is C11H8F3N3OS. The number of nitrogens with one attached hydrogen (secondary N) is 1. The van der Waals surface area contributed by atoms with Crippen molar-refractivity contribution in [2.45, 2.75) is 12.7 Å². The van der Waals surface area contributed by atoms with Gasteiger partial charge < -0.3 is 5.32 Å². The number of hydrogen-bond donors (Lipinski definition) is 1. The third-order valence-electron chi connectivity index (χ3n) is 2.22. The van der Waals surface area contributed by atoms with Gasteiger partial charge in [-0.25, -0.2) is 4.98 Å². The molecule has 0 saturated carbocycles. The van der Waals surface area contributed by atoms with E-state index in [-0.39, 0.29) is 6.54 Å². The maximum atomic E-state index is 12.6. The Labute approximate surface area is 110 Å². The molecule has 0 bridgehead atoms. The summed E-state index contributed by atoms with van der Waals surface area (Å²) in [4.78, 5) is 18.3. The molecule has 2 rings (SSSR count). The number of carbonyl (C=O) groups is 1. The van der Waals surface area contributed by atoms with Crippen LogP contribution in [0.5, 0.6) is 0 Å². The van der Waals surface area contributed by atoms with Gasteiger partial charge in [-0.1, -0.05) is 6.07 Å². The first-order valence-corrected chi connectivity index (χ1v) is 6.04. The maximum absolute atomic E-state index is 12.6. The van der Waals surface area contributed by atoms with Crippen LogP contribution >= 0.6 is 11.3 Å². The third-order valence-corrected chi connectivity index (χ3v) is 3.04. The van der Waals surface area contributed by atoms with Gasteiger partial charge in [-0.15, -0.1) is 11.3 Å². The van der Waals surface area contributed by atoms with Gasteiger partial charge in [-0.2, -0.15) is 13.2 Å². The number of amides is 1. The highest BCUT2D eigenvalue weighted by Gasteiger charge is 2.38. The minimum atomic E-state index is -4.62. The summed E-state index contributed by atoms with van der Waals surface area (Å²) < 4.78 is 37.7. The zero-order valence-corrected chi connectivity index (χ0v) is 10.3. The van der Waals surface area contributed by atoms with Gasteiger partial charge >= 0.3 is 6.18 Å². The van der Waals surface area contributed by atoms with Crippen LogP contribution < -0.4 is 5.32 Å². The number of carbonyl (C=O) groups excluding carboxylic acids is 1. The zero-order chi connectivity index (χ0) is 13.9. The molecule has 8 heteroatoms. The number of rotatable bonds is 3. The third kappa shape index (κ3) is 3.28. The molecule has 100 valence electrons. The van der Waals surface area contributed by atoms with E-state index in [1.54, 1.807) is 18.3 Å². The van der Waals surface area contributed by atoms with Crippen LogP contribution in [0, 0.1) is 0 Å². The highest BCUT2D eigenvalue weighted by molar-refractivity contribution is 7.11. The molecule has 0 atom stereocenters. The molecule has 0 saturated heterocycles. The average Bonchev–Trinajstić information content (AvgIpc) is 2.86. The summed E-state index contributed by atoms with van der Waals surface area (Å²) in [6.07, 6.45) is -1.53. The van der Waals surface area contributed by atoms with E-state index in [4.69, 9.17) is 0 Å². The number of alkyl halides is 3. The van der Waals surface area contributed by atoms with Crippen LogP contribution in [0.1, 0.15) is 20.9 Å². The van der Waals surface area contributed by atoms with E-state index in [1.165, 1.54) is 6.20 Å². The van der Waals surface area contributed by atoms with E-state index in [2.05, 4.69) is 15.3 Å². The molecule has 0 aromatic carbocycles. The van der Waals surface area contributed by atoms with Crippen molar-refractivity contribution in [1.82, 2.24) is 15.3 Å². The molecule has 0 fully saturated rings. The topological polar surface area (TPSA) is 54.9 Å². The second kappa shape index (κ2) is 5.35. The monoisotopic (exact) mass is 287 g/mol. The van der Waals surface area contributed by atoms with E-state index in [0.717, 1.165) is 5.51 Å². The number of aromatic nitrogens is 2. The van der Waals surface area contributed by atoms with Crippen LogP contribution in [-0.4, -0.2) is 15.9 Å². The number of pyridine rings is 1. The Bertz CT molecular complexity index is 568. The van der Waals surface area contributed by atoms with Crippen LogP contribution in [0.2, 0.25) is 0 Å². The fourth-order valence-electron chi connectivity index (χ4n) is 1.37. The first kappa shape index (κ1) is 13.5. The van der Waals surface area contributed by atoms with Crippen molar-refractivity contribution in [2.24, 2.45) is 0 Å². The first-order chi connectivity index (χ1) is 8.98. The van der Waals surface area contributed by atoms with Gasteiger partial charge in [-0.3, -0.25) is 9.78 Å². The van der Waals surface area contributed by atoms with Gasteiger partial charge in [0.1, 0.15) is 4.88 Å². The Hall–Kier alpha value is -1.96. The van der Waals surface area contributed by atoms with Crippen molar-refractivity contribution >= 4 is 17.2 Å². The van der Waals surface area contributed by atoms with Crippen molar-refractivity contribution in [3.63, 3.8) is 0 Å². The summed E-state index contributed by atoms with van der Waals surface area (Å²) in [7, 11) is 0. The van der Waals surface area contributed by atoms with E-state index in [1.807, 2.05) is 0 Å². The fourth-order valence-corrected chi connectivity index (χ4v) is 2.10. The van der Waals surface area contributed by atoms with Crippen LogP contribution in [0.3, 0.4) is 0 Å². The lowest BCUT2D eigenvalue weighted by molar-refractivity contribution is -0.141. The lowest BCUT2D eigenvalue weighted by Gasteiger charge is -2.07. The smallest absolute Gasteiger partial charge is 0.347 e. The molecule has 2 aromatic rings. The Morgan fingerprint density at radius 1 is 1.42 bits per heavy atom. The summed E-state index contributed by atoms with van der Waals surface area (Å²) in [5.74, 6) is -0.793. The second-order valence-electron chi connectivity index (χ2n) is 3.57. The molecule has 0 aliphatic heterocycles. The minimum absolute atomic E-state index is 0.113. The molecule has 2 heterocycles. The highest BCUT2D eigenvalue weighted by Crippen LogP contribution is 2.32. The highest BCUT2D eigenvalue weighted by atomic mass is 32.1. The van der Waals surface area contributed by atoms with Gasteiger partial charge in [0.25, 0.3) is 5.91 Å². The standard InChI is InChI=1S/C11H8F3N3OS/c12-11(13,14)9-8(19-6-17-9)10(18)16-5-7-2-1-3-15-4-7/h1-4,6H,5H2,(H,16,18). The van der Waals surface area contributed by atoms with Gasteiger partial charge in [0, 0.05) is 18.9 Å². The molecule has 4 nitrogen and oxygen atoms in total. The molecule has 0 radical (unpaired) electrons. The van der Waals surface area contributed by atoms with E-state index in [9.17, 15) is 18.0 Å². The minimum Gasteiger partial charge on any atom is -0.347 e. The molecule has 19 heavy (non-hydrogen) atoms. The average molecular weight is 287 g/mol. The quantitative estimate of drug-likeness (QED) is 0.943. The van der Waals surface area contributed by atoms with Gasteiger partial charge in [0.2, 0.25) is 0 Å². The summed E-state index contributed by atoms with van der Waals surface area (Å²) >= 11 is 0.661. The van der Waals surface area contributed by atoms with Crippen LogP contribution in [0.15, 0.2) is 30.0 Å². The van der Waals surface area contributed by atoms with E-state index < -0.39 is 22.7 Å². The summed E-state index contributed by atoms with van der Waals surface area (Å²) in [6.45, 7) is 0.113. The Balaban J connectivity index is 2.07. The molecule has 1 amide bonds. The Morgan fingerprint density at radius 2 is 2.21 bits per heavy atom. The number of halogens is 3.